The van der Waals surface area contributed by atoms with Crippen LogP contribution in [0.5, 0.6) is 0 Å². The molecular formula is C11H16O3S. The number of sulfone groups is 1. The van der Waals surface area contributed by atoms with E-state index in [1.54, 1.807) is 31.2 Å². The first-order valence-electron chi connectivity index (χ1n) is 4.86. The molecule has 1 rings (SSSR count). The van der Waals surface area contributed by atoms with Crippen molar-refractivity contribution in [3.63, 3.8) is 0 Å². The molecule has 0 spiro atoms. The van der Waals surface area contributed by atoms with E-state index in [0.717, 1.165) is 12.0 Å². The van der Waals surface area contributed by atoms with Gasteiger partial charge in [0.1, 0.15) is 0 Å². The summed E-state index contributed by atoms with van der Waals surface area (Å²) >= 11 is 0. The largest absolute Gasteiger partial charge is 0.393 e. The van der Waals surface area contributed by atoms with Crippen molar-refractivity contribution in [2.45, 2.75) is 30.8 Å². The highest BCUT2D eigenvalue weighted by atomic mass is 32.2. The van der Waals surface area contributed by atoms with Crippen LogP contribution in [-0.2, 0) is 16.3 Å². The summed E-state index contributed by atoms with van der Waals surface area (Å²) < 4.78 is 22.3. The van der Waals surface area contributed by atoms with E-state index in [2.05, 4.69) is 0 Å². The summed E-state index contributed by atoms with van der Waals surface area (Å²) in [5, 5.41) is 9.10. The van der Waals surface area contributed by atoms with Crippen LogP contribution >= 0.6 is 0 Å². The Hall–Kier alpha value is -0.870. The zero-order chi connectivity index (χ0) is 11.5. The van der Waals surface area contributed by atoms with Crippen LogP contribution in [0.4, 0.5) is 0 Å². The Morgan fingerprint density at radius 2 is 1.80 bits per heavy atom. The van der Waals surface area contributed by atoms with Crippen molar-refractivity contribution in [2.24, 2.45) is 0 Å². The summed E-state index contributed by atoms with van der Waals surface area (Å²) in [7, 11) is -3.10. The lowest BCUT2D eigenvalue weighted by Crippen LogP contribution is -2.02. The second kappa shape index (κ2) is 4.77. The highest BCUT2D eigenvalue weighted by molar-refractivity contribution is 7.90. The minimum atomic E-state index is -3.10. The first-order valence-corrected chi connectivity index (χ1v) is 6.76. The summed E-state index contributed by atoms with van der Waals surface area (Å²) in [6.07, 6.45) is 2.33. The third kappa shape index (κ3) is 4.01. The molecular weight excluding hydrogens is 212 g/mol. The van der Waals surface area contributed by atoms with Gasteiger partial charge in [-0.1, -0.05) is 12.1 Å². The molecule has 0 heterocycles. The van der Waals surface area contributed by atoms with Crippen LogP contribution in [0.3, 0.4) is 0 Å². The van der Waals surface area contributed by atoms with Crippen molar-refractivity contribution < 1.29 is 13.5 Å². The van der Waals surface area contributed by atoms with Crippen LogP contribution in [0.1, 0.15) is 18.9 Å². The summed E-state index contributed by atoms with van der Waals surface area (Å²) in [5.41, 5.74) is 1.04. The number of aliphatic hydroxyl groups excluding tert-OH is 1. The Kier molecular flexibility index (Phi) is 3.88. The van der Waals surface area contributed by atoms with Gasteiger partial charge in [0.15, 0.2) is 9.84 Å². The van der Waals surface area contributed by atoms with Crippen molar-refractivity contribution in [1.82, 2.24) is 0 Å². The van der Waals surface area contributed by atoms with Crippen LogP contribution < -0.4 is 0 Å². The molecule has 0 bridgehead atoms. The van der Waals surface area contributed by atoms with E-state index in [4.69, 9.17) is 5.11 Å². The monoisotopic (exact) mass is 228 g/mol. The topological polar surface area (TPSA) is 54.4 Å². The highest BCUT2D eigenvalue weighted by Gasteiger charge is 2.06. The van der Waals surface area contributed by atoms with Crippen molar-refractivity contribution in [1.29, 1.82) is 0 Å². The molecule has 1 N–H and O–H groups in total. The van der Waals surface area contributed by atoms with E-state index < -0.39 is 9.84 Å². The number of hydrogen-bond acceptors (Lipinski definition) is 3. The van der Waals surface area contributed by atoms with Gasteiger partial charge in [0.25, 0.3) is 0 Å². The molecule has 0 aliphatic rings. The first-order chi connectivity index (χ1) is 6.89. The lowest BCUT2D eigenvalue weighted by Gasteiger charge is -2.04. The molecule has 1 aromatic rings. The summed E-state index contributed by atoms with van der Waals surface area (Å²) in [6.45, 7) is 1.74. The number of hydrogen-bond donors (Lipinski definition) is 1. The smallest absolute Gasteiger partial charge is 0.175 e. The van der Waals surface area contributed by atoms with Crippen molar-refractivity contribution in [3.05, 3.63) is 29.8 Å². The van der Waals surface area contributed by atoms with Crippen molar-refractivity contribution in [2.75, 3.05) is 6.26 Å². The molecule has 0 saturated heterocycles. The molecule has 0 fully saturated rings. The lowest BCUT2D eigenvalue weighted by atomic mass is 10.1. The lowest BCUT2D eigenvalue weighted by molar-refractivity contribution is 0.185. The van der Waals surface area contributed by atoms with Gasteiger partial charge in [0.2, 0.25) is 0 Å². The van der Waals surface area contributed by atoms with Crippen LogP contribution in [0, 0.1) is 0 Å². The van der Waals surface area contributed by atoms with Gasteiger partial charge in [-0.3, -0.25) is 0 Å². The summed E-state index contributed by atoms with van der Waals surface area (Å²) in [4.78, 5) is 0.336. The Labute approximate surface area is 90.7 Å². The Bertz CT molecular complexity index is 404. The number of benzene rings is 1. The Morgan fingerprint density at radius 1 is 1.27 bits per heavy atom. The molecule has 0 aromatic heterocycles. The number of rotatable bonds is 4. The second-order valence-corrected chi connectivity index (χ2v) is 5.82. The molecule has 0 amide bonds. The maximum Gasteiger partial charge on any atom is 0.175 e. The van der Waals surface area contributed by atoms with E-state index in [-0.39, 0.29) is 6.10 Å². The maximum absolute atomic E-state index is 11.2. The minimum absolute atomic E-state index is 0.320. The summed E-state index contributed by atoms with van der Waals surface area (Å²) in [5.74, 6) is 0. The molecule has 15 heavy (non-hydrogen) atoms. The van der Waals surface area contributed by atoms with Crippen LogP contribution in [0.2, 0.25) is 0 Å². The molecule has 0 saturated carbocycles. The van der Waals surface area contributed by atoms with Crippen molar-refractivity contribution in [3.8, 4) is 0 Å². The molecule has 3 nitrogen and oxygen atoms in total. The van der Waals surface area contributed by atoms with E-state index in [9.17, 15) is 8.42 Å². The van der Waals surface area contributed by atoms with Crippen LogP contribution in [0.15, 0.2) is 29.2 Å². The van der Waals surface area contributed by atoms with Gasteiger partial charge in [-0.15, -0.1) is 0 Å². The van der Waals surface area contributed by atoms with E-state index in [1.807, 2.05) is 0 Å². The molecule has 1 aromatic carbocycles. The standard InChI is InChI=1S/C11H16O3S/c1-9(12)3-4-10-5-7-11(8-6-10)15(2,13)14/h5-9,12H,3-4H2,1-2H3/t9-/m0/s1. The third-order valence-corrected chi connectivity index (χ3v) is 3.33. The van der Waals surface area contributed by atoms with Crippen molar-refractivity contribution >= 4 is 9.84 Å². The quantitative estimate of drug-likeness (QED) is 0.847. The predicted octanol–water partition coefficient (Wildman–Crippen LogP) is 1.40. The molecule has 0 aliphatic carbocycles. The zero-order valence-electron chi connectivity index (χ0n) is 8.97. The van der Waals surface area contributed by atoms with E-state index >= 15 is 0 Å². The average Bonchev–Trinajstić information content (AvgIpc) is 2.14. The van der Waals surface area contributed by atoms with Gasteiger partial charge in [-0.2, -0.15) is 0 Å². The Morgan fingerprint density at radius 3 is 2.20 bits per heavy atom. The van der Waals surface area contributed by atoms with Gasteiger partial charge < -0.3 is 5.11 Å². The number of aryl methyl sites for hydroxylation is 1. The highest BCUT2D eigenvalue weighted by Crippen LogP contribution is 2.12. The first kappa shape index (κ1) is 12.2. The predicted molar refractivity (Wildman–Crippen MR) is 59.6 cm³/mol. The van der Waals surface area contributed by atoms with Gasteiger partial charge in [0, 0.05) is 6.26 Å². The molecule has 0 radical (unpaired) electrons. The zero-order valence-corrected chi connectivity index (χ0v) is 9.79. The fourth-order valence-corrected chi connectivity index (χ4v) is 1.91. The SMILES string of the molecule is C[C@H](O)CCc1ccc(S(C)(=O)=O)cc1. The Balaban J connectivity index is 2.73. The van der Waals surface area contributed by atoms with Crippen LogP contribution in [0.25, 0.3) is 0 Å². The third-order valence-electron chi connectivity index (χ3n) is 2.20. The molecule has 0 aliphatic heterocycles. The second-order valence-electron chi connectivity index (χ2n) is 3.80. The molecule has 0 unspecified atom stereocenters. The minimum Gasteiger partial charge on any atom is -0.393 e. The van der Waals surface area contributed by atoms with Gasteiger partial charge in [0.05, 0.1) is 11.0 Å². The maximum atomic E-state index is 11.2. The fraction of sp³-hybridized carbons (Fsp3) is 0.455. The normalized spacial score (nSPS) is 13.8. The van der Waals surface area contributed by atoms with Gasteiger partial charge in [-0.25, -0.2) is 8.42 Å². The summed E-state index contributed by atoms with van der Waals surface area (Å²) in [6, 6.07) is 6.79. The average molecular weight is 228 g/mol. The van der Waals surface area contributed by atoms with E-state index in [1.165, 1.54) is 6.26 Å². The fourth-order valence-electron chi connectivity index (χ4n) is 1.28. The molecule has 84 valence electrons. The molecule has 1 atom stereocenters. The van der Waals surface area contributed by atoms with Crippen LogP contribution in [-0.4, -0.2) is 25.9 Å². The van der Waals surface area contributed by atoms with Gasteiger partial charge >= 0.3 is 0 Å². The molecule has 4 heteroatoms. The number of aliphatic hydroxyl groups is 1. The van der Waals surface area contributed by atoms with Gasteiger partial charge in [-0.05, 0) is 37.5 Å². The van der Waals surface area contributed by atoms with E-state index in [0.29, 0.717) is 11.3 Å².